The molecule has 0 saturated heterocycles. The van der Waals surface area contributed by atoms with E-state index in [1.165, 1.54) is 16.9 Å². The Hall–Kier alpha value is -1.05. The standard InChI is InChI=1S/C39H74N2Si6/c1-29-24-22-23-25-35(29)40-30(2)26-31(3)41-36-33(38(44(10,11)12)45(13,14)15)27-32(37(42(4,5)6)43(7,8)9)28-34(36)39(46(16,17)18)47(19,20)21/h22-28,37-40H,1-21H3/b30-26-,41-31?. The molecule has 0 atom stereocenters. The van der Waals surface area contributed by atoms with Crippen LogP contribution in [0.15, 0.2) is 53.2 Å². The molecule has 8 heteroatoms. The van der Waals surface area contributed by atoms with Gasteiger partial charge in [-0.2, -0.15) is 0 Å². The fraction of sp³-hybridized carbons (Fsp3) is 0.615. The summed E-state index contributed by atoms with van der Waals surface area (Å²) in [4.78, 5) is 5.80. The SMILES string of the molecule is CC(/C=C(/C)Nc1ccccc1C)=Nc1c(C([Si](C)(C)C)[Si](C)(C)C)cc(C([Si](C)(C)C)[Si](C)(C)C)cc1C([Si](C)(C)C)[Si](C)(C)C. The van der Waals surface area contributed by atoms with E-state index in [1.807, 2.05) is 0 Å². The van der Waals surface area contributed by atoms with E-state index in [9.17, 15) is 0 Å². The van der Waals surface area contributed by atoms with Crippen molar-refractivity contribution in [2.75, 3.05) is 5.32 Å². The second-order valence-corrected chi connectivity index (χ2v) is 54.7. The van der Waals surface area contributed by atoms with Gasteiger partial charge in [0.15, 0.2) is 0 Å². The molecule has 0 amide bonds. The number of aryl methyl sites for hydroxylation is 1. The fourth-order valence-electron chi connectivity index (χ4n) is 9.69. The van der Waals surface area contributed by atoms with Gasteiger partial charge in [0.1, 0.15) is 0 Å². The van der Waals surface area contributed by atoms with Crippen molar-refractivity contribution in [1.82, 2.24) is 0 Å². The first-order valence-electron chi connectivity index (χ1n) is 18.1. The van der Waals surface area contributed by atoms with Crippen LogP contribution >= 0.6 is 0 Å². The molecular formula is C39H74N2Si6. The number of anilines is 1. The molecule has 0 aliphatic carbocycles. The van der Waals surface area contributed by atoms with Crippen LogP contribution < -0.4 is 5.32 Å². The molecule has 0 aliphatic heterocycles. The molecule has 0 radical (unpaired) electrons. The highest BCUT2D eigenvalue weighted by molar-refractivity contribution is 6.98. The first-order valence-corrected chi connectivity index (χ1v) is 39.6. The zero-order valence-corrected chi connectivity index (χ0v) is 40.7. The third-order valence-electron chi connectivity index (χ3n) is 9.53. The highest BCUT2D eigenvalue weighted by Crippen LogP contribution is 2.50. The molecular weight excluding hydrogens is 665 g/mol. The quantitative estimate of drug-likeness (QED) is 0.161. The molecule has 47 heavy (non-hydrogen) atoms. The van der Waals surface area contributed by atoms with Crippen molar-refractivity contribution in [2.45, 2.75) is 154 Å². The Bertz CT molecular complexity index is 1350. The maximum absolute atomic E-state index is 5.80. The Morgan fingerprint density at radius 1 is 0.574 bits per heavy atom. The number of nitrogens with one attached hydrogen (secondary N) is 1. The van der Waals surface area contributed by atoms with Crippen molar-refractivity contribution < 1.29 is 0 Å². The lowest BCUT2D eigenvalue weighted by molar-refractivity contribution is 1.07. The van der Waals surface area contributed by atoms with Crippen molar-refractivity contribution in [3.8, 4) is 0 Å². The minimum Gasteiger partial charge on any atom is -0.359 e. The number of nitrogens with zero attached hydrogens (tertiary/aromatic N) is 1. The molecule has 2 nitrogen and oxygen atoms in total. The van der Waals surface area contributed by atoms with Crippen LogP contribution in [0.25, 0.3) is 0 Å². The summed E-state index contributed by atoms with van der Waals surface area (Å²) in [7, 11) is -9.54. The fourth-order valence-corrected chi connectivity index (χ4v) is 47.8. The molecule has 0 fully saturated rings. The van der Waals surface area contributed by atoms with E-state index in [1.54, 1.807) is 16.7 Å². The molecule has 264 valence electrons. The van der Waals surface area contributed by atoms with Gasteiger partial charge >= 0.3 is 0 Å². The monoisotopic (exact) mass is 738 g/mol. The number of para-hydroxylation sites is 1. The molecule has 2 aromatic rings. The Morgan fingerprint density at radius 3 is 1.28 bits per heavy atom. The van der Waals surface area contributed by atoms with E-state index < -0.39 is 48.4 Å². The predicted octanol–water partition coefficient (Wildman–Crippen LogP) is 13.6. The second-order valence-electron chi connectivity index (χ2n) is 21.1. The van der Waals surface area contributed by atoms with E-state index in [-0.39, 0.29) is 0 Å². The van der Waals surface area contributed by atoms with Gasteiger partial charge in [0.2, 0.25) is 0 Å². The zero-order valence-electron chi connectivity index (χ0n) is 34.7. The molecule has 0 aromatic heterocycles. The summed E-state index contributed by atoms with van der Waals surface area (Å²) < 4.78 is 0. The molecule has 0 bridgehead atoms. The van der Waals surface area contributed by atoms with Crippen LogP contribution in [0.5, 0.6) is 0 Å². The number of hydrogen-bond acceptors (Lipinski definition) is 2. The van der Waals surface area contributed by atoms with E-state index >= 15 is 0 Å². The van der Waals surface area contributed by atoms with Crippen molar-refractivity contribution in [1.29, 1.82) is 0 Å². The maximum atomic E-state index is 5.80. The van der Waals surface area contributed by atoms with Gasteiger partial charge in [-0.3, -0.25) is 4.99 Å². The Balaban J connectivity index is 3.23. The molecule has 0 aliphatic rings. The summed E-state index contributed by atoms with van der Waals surface area (Å²) >= 11 is 0. The van der Waals surface area contributed by atoms with Crippen molar-refractivity contribution in [3.05, 3.63) is 70.4 Å². The van der Waals surface area contributed by atoms with Gasteiger partial charge in [-0.15, -0.1) is 0 Å². The summed E-state index contributed by atoms with van der Waals surface area (Å²) in [6.07, 6.45) is 2.27. The lowest BCUT2D eigenvalue weighted by Crippen LogP contribution is -2.49. The second kappa shape index (κ2) is 14.7. The molecule has 1 N–H and O–H groups in total. The van der Waals surface area contributed by atoms with Crippen molar-refractivity contribution in [3.63, 3.8) is 0 Å². The van der Waals surface area contributed by atoms with Gasteiger partial charge in [0, 0.05) is 65.5 Å². The van der Waals surface area contributed by atoms with E-state index in [0.29, 0.717) is 15.5 Å². The van der Waals surface area contributed by atoms with Gasteiger partial charge in [0.05, 0.1) is 5.69 Å². The average molecular weight is 740 g/mol. The third kappa shape index (κ3) is 11.2. The van der Waals surface area contributed by atoms with Crippen LogP contribution in [0.4, 0.5) is 11.4 Å². The third-order valence-corrected chi connectivity index (χ3v) is 37.4. The average Bonchev–Trinajstić information content (AvgIpc) is 2.77. The lowest BCUT2D eigenvalue weighted by Gasteiger charge is -2.45. The van der Waals surface area contributed by atoms with Gasteiger partial charge in [-0.25, -0.2) is 0 Å². The lowest BCUT2D eigenvalue weighted by atomic mass is 10.0. The Morgan fingerprint density at radius 2 is 0.936 bits per heavy atom. The molecule has 0 saturated carbocycles. The van der Waals surface area contributed by atoms with Crippen molar-refractivity contribution in [2.24, 2.45) is 4.99 Å². The van der Waals surface area contributed by atoms with Crippen LogP contribution in [0.1, 0.15) is 51.6 Å². The van der Waals surface area contributed by atoms with Gasteiger partial charge in [-0.1, -0.05) is 148 Å². The number of rotatable bonds is 13. The number of benzene rings is 2. The van der Waals surface area contributed by atoms with E-state index in [0.717, 1.165) is 11.4 Å². The molecule has 0 spiro atoms. The van der Waals surface area contributed by atoms with Crippen LogP contribution in [-0.4, -0.2) is 54.2 Å². The van der Waals surface area contributed by atoms with Crippen LogP contribution in [-0.2, 0) is 0 Å². The van der Waals surface area contributed by atoms with E-state index in [2.05, 4.69) is 186 Å². The Kier molecular flexibility index (Phi) is 13.1. The largest absolute Gasteiger partial charge is 0.359 e. The summed E-state index contributed by atoms with van der Waals surface area (Å²) in [5.41, 5.74) is 10.9. The molecule has 2 rings (SSSR count). The summed E-state index contributed by atoms with van der Waals surface area (Å²) in [5.74, 6) is 0. The van der Waals surface area contributed by atoms with Crippen LogP contribution in [0.3, 0.4) is 0 Å². The van der Waals surface area contributed by atoms with Gasteiger partial charge in [-0.05, 0) is 70.7 Å². The molecule has 2 aromatic carbocycles. The highest BCUT2D eigenvalue weighted by Gasteiger charge is 2.46. The van der Waals surface area contributed by atoms with Crippen LogP contribution in [0.2, 0.25) is 118 Å². The van der Waals surface area contributed by atoms with Gasteiger partial charge in [0.25, 0.3) is 0 Å². The van der Waals surface area contributed by atoms with Gasteiger partial charge < -0.3 is 5.32 Å². The van der Waals surface area contributed by atoms with Crippen molar-refractivity contribution >= 4 is 65.5 Å². The summed E-state index contributed by atoms with van der Waals surface area (Å²) in [5, 5.41) is 5.64. The number of allylic oxidation sites excluding steroid dienone is 2. The predicted molar refractivity (Wildman–Crippen MR) is 236 cm³/mol. The normalized spacial score (nSPS) is 14.9. The highest BCUT2D eigenvalue weighted by atomic mass is 28.4. The molecule has 0 unspecified atom stereocenters. The maximum Gasteiger partial charge on any atom is 0.0691 e. The number of aliphatic imine (C=N–C) groups is 1. The zero-order chi connectivity index (χ0) is 36.7. The first kappa shape index (κ1) is 42.1. The topological polar surface area (TPSA) is 24.4 Å². The smallest absolute Gasteiger partial charge is 0.0691 e. The Labute approximate surface area is 298 Å². The summed E-state index contributed by atoms with van der Waals surface area (Å²) in [6.45, 7) is 53.9. The van der Waals surface area contributed by atoms with E-state index in [4.69, 9.17) is 4.99 Å². The summed E-state index contributed by atoms with van der Waals surface area (Å²) in [6, 6.07) is 14.1. The first-order chi connectivity index (χ1) is 20.9. The van der Waals surface area contributed by atoms with Crippen LogP contribution in [0, 0.1) is 6.92 Å². The minimum atomic E-state index is -1.62. The minimum absolute atomic E-state index is 0.628. The number of hydrogen-bond donors (Lipinski definition) is 1. The molecule has 0 heterocycles.